The third-order valence-electron chi connectivity index (χ3n) is 2.48. The van der Waals surface area contributed by atoms with E-state index in [0.29, 0.717) is 5.69 Å². The molecular weight excluding hydrogens is 352 g/mol. The molecular formula is C10H9BrN4O4S. The van der Waals surface area contributed by atoms with Gasteiger partial charge >= 0.3 is 0 Å². The second-order valence-corrected chi connectivity index (χ2v) is 6.39. The van der Waals surface area contributed by atoms with E-state index in [9.17, 15) is 18.5 Å². The van der Waals surface area contributed by atoms with Crippen molar-refractivity contribution in [3.8, 4) is 0 Å². The monoisotopic (exact) mass is 360 g/mol. The van der Waals surface area contributed by atoms with Gasteiger partial charge in [-0.25, -0.2) is 8.42 Å². The number of anilines is 1. The van der Waals surface area contributed by atoms with E-state index >= 15 is 0 Å². The van der Waals surface area contributed by atoms with Crippen LogP contribution >= 0.6 is 15.9 Å². The van der Waals surface area contributed by atoms with Gasteiger partial charge in [-0.3, -0.25) is 19.9 Å². The first-order chi connectivity index (χ1) is 9.31. The molecule has 2 rings (SSSR count). The molecule has 8 nitrogen and oxygen atoms in total. The number of aromatic nitrogens is 2. The number of rotatable bonds is 4. The van der Waals surface area contributed by atoms with Crippen LogP contribution in [0, 0.1) is 17.0 Å². The number of sulfonamides is 1. The number of benzene rings is 1. The van der Waals surface area contributed by atoms with Gasteiger partial charge in [-0.2, -0.15) is 5.10 Å². The standard InChI is InChI=1S/C10H9BrN4O4S/c1-6-10(5-12-13-6)20(18,19)14-9-3-2-7(15(16)17)4-8(9)11/h2-5,14H,1H3,(H,12,13). The van der Waals surface area contributed by atoms with Crippen LogP contribution in [0.4, 0.5) is 11.4 Å². The van der Waals surface area contributed by atoms with Gasteiger partial charge in [0.2, 0.25) is 0 Å². The van der Waals surface area contributed by atoms with Crippen LogP contribution in [0.25, 0.3) is 0 Å². The number of aryl methyl sites for hydroxylation is 1. The topological polar surface area (TPSA) is 118 Å². The van der Waals surface area contributed by atoms with Crippen molar-refractivity contribution in [2.24, 2.45) is 0 Å². The third-order valence-corrected chi connectivity index (χ3v) is 4.62. The molecule has 2 N–H and O–H groups in total. The molecule has 0 radical (unpaired) electrons. The molecule has 1 aromatic heterocycles. The molecule has 20 heavy (non-hydrogen) atoms. The summed E-state index contributed by atoms with van der Waals surface area (Å²) in [7, 11) is -3.80. The minimum atomic E-state index is -3.80. The number of halogens is 1. The Kier molecular flexibility index (Phi) is 3.77. The van der Waals surface area contributed by atoms with Crippen molar-refractivity contribution in [3.63, 3.8) is 0 Å². The van der Waals surface area contributed by atoms with Crippen molar-refractivity contribution >= 4 is 37.3 Å². The number of nitro groups is 1. The molecule has 1 aromatic carbocycles. The van der Waals surface area contributed by atoms with Crippen molar-refractivity contribution in [2.45, 2.75) is 11.8 Å². The Morgan fingerprint density at radius 3 is 2.65 bits per heavy atom. The molecule has 0 saturated carbocycles. The van der Waals surface area contributed by atoms with Gasteiger partial charge in [-0.15, -0.1) is 0 Å². The number of hydrogen-bond acceptors (Lipinski definition) is 5. The van der Waals surface area contributed by atoms with Crippen LogP contribution in [0.3, 0.4) is 0 Å². The van der Waals surface area contributed by atoms with Crippen LogP contribution in [-0.2, 0) is 10.0 Å². The lowest BCUT2D eigenvalue weighted by Gasteiger charge is -2.08. The highest BCUT2D eigenvalue weighted by Gasteiger charge is 2.20. The summed E-state index contributed by atoms with van der Waals surface area (Å²) in [4.78, 5) is 10.1. The van der Waals surface area contributed by atoms with Gasteiger partial charge in [0.05, 0.1) is 22.5 Å². The predicted octanol–water partition coefficient (Wildman–Crippen LogP) is 2.19. The van der Waals surface area contributed by atoms with Gasteiger partial charge in [-0.1, -0.05) is 0 Å². The lowest BCUT2D eigenvalue weighted by Crippen LogP contribution is -2.13. The van der Waals surface area contributed by atoms with Crippen LogP contribution in [0.5, 0.6) is 0 Å². The normalized spacial score (nSPS) is 11.3. The first-order valence-corrected chi connectivity index (χ1v) is 7.55. The Hall–Kier alpha value is -1.94. The van der Waals surface area contributed by atoms with Crippen LogP contribution in [0.1, 0.15) is 5.69 Å². The van der Waals surface area contributed by atoms with Gasteiger partial charge < -0.3 is 0 Å². The molecule has 0 saturated heterocycles. The van der Waals surface area contributed by atoms with E-state index in [4.69, 9.17) is 0 Å². The van der Waals surface area contributed by atoms with Crippen molar-refractivity contribution in [1.29, 1.82) is 0 Å². The lowest BCUT2D eigenvalue weighted by atomic mass is 10.3. The number of aromatic amines is 1. The maximum absolute atomic E-state index is 12.1. The van der Waals surface area contributed by atoms with Gasteiger partial charge in [0, 0.05) is 16.6 Å². The zero-order chi connectivity index (χ0) is 14.9. The van der Waals surface area contributed by atoms with Gasteiger partial charge in [0.25, 0.3) is 15.7 Å². The molecule has 0 aliphatic rings. The number of nitrogens with zero attached hydrogens (tertiary/aromatic N) is 2. The number of hydrogen-bond donors (Lipinski definition) is 2. The van der Waals surface area contributed by atoms with E-state index < -0.39 is 14.9 Å². The summed E-state index contributed by atoms with van der Waals surface area (Å²) >= 11 is 3.10. The highest BCUT2D eigenvalue weighted by Crippen LogP contribution is 2.29. The maximum Gasteiger partial charge on any atom is 0.270 e. The zero-order valence-electron chi connectivity index (χ0n) is 10.1. The molecule has 0 unspecified atom stereocenters. The van der Waals surface area contributed by atoms with Crippen LogP contribution in [0.15, 0.2) is 33.8 Å². The van der Waals surface area contributed by atoms with E-state index in [0.717, 1.165) is 0 Å². The van der Waals surface area contributed by atoms with Gasteiger partial charge in [0.15, 0.2) is 0 Å². The van der Waals surface area contributed by atoms with Gasteiger partial charge in [0.1, 0.15) is 4.90 Å². The van der Waals surface area contributed by atoms with Crippen molar-refractivity contribution < 1.29 is 13.3 Å². The Balaban J connectivity index is 2.36. The lowest BCUT2D eigenvalue weighted by molar-refractivity contribution is -0.384. The summed E-state index contributed by atoms with van der Waals surface area (Å²) in [6.07, 6.45) is 1.19. The molecule has 106 valence electrons. The number of H-pyrrole nitrogens is 1. The quantitative estimate of drug-likeness (QED) is 0.639. The minimum absolute atomic E-state index is 0.0164. The molecule has 2 aromatic rings. The molecule has 1 heterocycles. The van der Waals surface area contributed by atoms with E-state index in [1.54, 1.807) is 6.92 Å². The minimum Gasteiger partial charge on any atom is -0.281 e. The summed E-state index contributed by atoms with van der Waals surface area (Å²) in [5, 5.41) is 16.8. The SMILES string of the molecule is Cc1[nH]ncc1S(=O)(=O)Nc1ccc([N+](=O)[O-])cc1Br. The fourth-order valence-corrected chi connectivity index (χ4v) is 3.33. The first-order valence-electron chi connectivity index (χ1n) is 5.28. The largest absolute Gasteiger partial charge is 0.281 e. The second kappa shape index (κ2) is 5.21. The molecule has 0 atom stereocenters. The summed E-state index contributed by atoms with van der Waals surface area (Å²) in [5.74, 6) is 0. The zero-order valence-corrected chi connectivity index (χ0v) is 12.5. The van der Waals surface area contributed by atoms with Crippen molar-refractivity contribution in [1.82, 2.24) is 10.2 Å². The molecule has 0 fully saturated rings. The van der Waals surface area contributed by atoms with E-state index in [2.05, 4.69) is 30.8 Å². The molecule has 0 aliphatic carbocycles. The fraction of sp³-hybridized carbons (Fsp3) is 0.100. The Morgan fingerprint density at radius 2 is 2.15 bits per heavy atom. The van der Waals surface area contributed by atoms with Crippen LogP contribution in [0.2, 0.25) is 0 Å². The second-order valence-electron chi connectivity index (χ2n) is 3.89. The molecule has 10 heteroatoms. The van der Waals surface area contributed by atoms with Gasteiger partial charge in [-0.05, 0) is 28.9 Å². The highest BCUT2D eigenvalue weighted by atomic mass is 79.9. The smallest absolute Gasteiger partial charge is 0.270 e. The van der Waals surface area contributed by atoms with Crippen molar-refractivity contribution in [2.75, 3.05) is 4.72 Å². The van der Waals surface area contributed by atoms with Crippen LogP contribution < -0.4 is 4.72 Å². The molecule has 0 amide bonds. The Morgan fingerprint density at radius 1 is 1.45 bits per heavy atom. The summed E-state index contributed by atoms with van der Waals surface area (Å²) in [6.45, 7) is 1.58. The summed E-state index contributed by atoms with van der Waals surface area (Å²) in [5.41, 5.74) is 0.464. The summed E-state index contributed by atoms with van der Waals surface area (Å²) < 4.78 is 26.9. The molecule has 0 aliphatic heterocycles. The average Bonchev–Trinajstić information content (AvgIpc) is 2.78. The highest BCUT2D eigenvalue weighted by molar-refractivity contribution is 9.10. The molecule has 0 spiro atoms. The predicted molar refractivity (Wildman–Crippen MR) is 74.9 cm³/mol. The van der Waals surface area contributed by atoms with Crippen molar-refractivity contribution in [3.05, 3.63) is 44.7 Å². The summed E-state index contributed by atoms with van der Waals surface area (Å²) in [6, 6.07) is 3.75. The van der Waals surface area contributed by atoms with E-state index in [1.807, 2.05) is 0 Å². The van der Waals surface area contributed by atoms with E-state index in [-0.39, 0.29) is 20.7 Å². The Labute approximate surface area is 122 Å². The first kappa shape index (κ1) is 14.5. The fourth-order valence-electron chi connectivity index (χ4n) is 1.51. The van der Waals surface area contributed by atoms with Crippen LogP contribution in [-0.4, -0.2) is 23.5 Å². The Bertz CT molecular complexity index is 771. The number of nitrogens with one attached hydrogen (secondary N) is 2. The molecule has 0 bridgehead atoms. The third kappa shape index (κ3) is 2.80. The maximum atomic E-state index is 12.1. The number of nitro benzene ring substituents is 1. The average molecular weight is 361 g/mol. The number of non-ortho nitro benzene ring substituents is 1. The van der Waals surface area contributed by atoms with E-state index in [1.165, 1.54) is 24.4 Å².